The van der Waals surface area contributed by atoms with Crippen LogP contribution in [0.4, 0.5) is 5.69 Å². The zero-order valence-electron chi connectivity index (χ0n) is 12.2. The van der Waals surface area contributed by atoms with Gasteiger partial charge < -0.3 is 10.1 Å². The number of carbonyl (C=O) groups excluding carboxylic acids is 2. The summed E-state index contributed by atoms with van der Waals surface area (Å²) in [6.45, 7) is 1.39. The van der Waals surface area contributed by atoms with Crippen molar-refractivity contribution in [2.75, 3.05) is 12.4 Å². The highest BCUT2D eigenvalue weighted by Crippen LogP contribution is 2.41. The van der Waals surface area contributed by atoms with Crippen LogP contribution >= 0.6 is 11.6 Å². The average molecular weight is 316 g/mol. The van der Waals surface area contributed by atoms with Crippen molar-refractivity contribution in [3.05, 3.63) is 57.6 Å². The second-order valence-electron chi connectivity index (χ2n) is 5.13. The first-order chi connectivity index (χ1) is 10.5. The van der Waals surface area contributed by atoms with E-state index in [0.29, 0.717) is 34.0 Å². The Morgan fingerprint density at radius 2 is 2.05 bits per heavy atom. The molecule has 0 unspecified atom stereocenters. The quantitative estimate of drug-likeness (QED) is 0.788. The molecule has 5 heteroatoms. The van der Waals surface area contributed by atoms with Crippen LogP contribution in [0.25, 0.3) is 0 Å². The molecule has 0 spiro atoms. The molecule has 1 amide bonds. The second-order valence-corrected chi connectivity index (χ2v) is 5.54. The second kappa shape index (κ2) is 5.46. The topological polar surface area (TPSA) is 55.4 Å². The van der Waals surface area contributed by atoms with Gasteiger partial charge in [0.05, 0.1) is 18.4 Å². The number of benzene rings is 2. The van der Waals surface area contributed by atoms with Crippen LogP contribution in [-0.2, 0) is 11.2 Å². The number of halogens is 1. The zero-order chi connectivity index (χ0) is 15.9. The normalized spacial score (nSPS) is 12.4. The van der Waals surface area contributed by atoms with Crippen LogP contribution in [0.1, 0.15) is 34.0 Å². The summed E-state index contributed by atoms with van der Waals surface area (Å²) >= 11 is 6.32. The number of fused-ring (bicyclic) bond motifs is 2. The summed E-state index contributed by atoms with van der Waals surface area (Å²) in [6, 6.07) is 9.04. The SMILES string of the molecule is COc1cc(Cl)c2c(c1NC(C)=O)C(=O)c1ccccc1C2. The van der Waals surface area contributed by atoms with Crippen LogP contribution in [-0.4, -0.2) is 18.8 Å². The Bertz CT molecular complexity index is 799. The lowest BCUT2D eigenvalue weighted by Crippen LogP contribution is -2.20. The number of carbonyl (C=O) groups is 2. The Morgan fingerprint density at radius 1 is 1.32 bits per heavy atom. The summed E-state index contributed by atoms with van der Waals surface area (Å²) in [5, 5.41) is 3.16. The lowest BCUT2D eigenvalue weighted by atomic mass is 9.84. The van der Waals surface area contributed by atoms with Crippen LogP contribution in [0.2, 0.25) is 5.02 Å². The molecule has 0 bridgehead atoms. The molecule has 4 nitrogen and oxygen atoms in total. The van der Waals surface area contributed by atoms with Crippen molar-refractivity contribution >= 4 is 29.0 Å². The molecule has 0 radical (unpaired) electrons. The predicted octanol–water partition coefficient (Wildman–Crippen LogP) is 3.44. The highest BCUT2D eigenvalue weighted by atomic mass is 35.5. The Kier molecular flexibility index (Phi) is 3.62. The molecule has 0 atom stereocenters. The van der Waals surface area contributed by atoms with E-state index in [2.05, 4.69) is 5.32 Å². The van der Waals surface area contributed by atoms with E-state index in [1.165, 1.54) is 14.0 Å². The first-order valence-corrected chi connectivity index (χ1v) is 7.20. The van der Waals surface area contributed by atoms with Crippen LogP contribution in [0.3, 0.4) is 0 Å². The number of nitrogens with one attached hydrogen (secondary N) is 1. The van der Waals surface area contributed by atoms with Crippen molar-refractivity contribution in [2.45, 2.75) is 13.3 Å². The van der Waals surface area contributed by atoms with Gasteiger partial charge in [-0.2, -0.15) is 0 Å². The summed E-state index contributed by atoms with van der Waals surface area (Å²) in [5.74, 6) is -0.0393. The van der Waals surface area contributed by atoms with Crippen LogP contribution in [0.15, 0.2) is 30.3 Å². The van der Waals surface area contributed by atoms with E-state index >= 15 is 0 Å². The lowest BCUT2D eigenvalue weighted by Gasteiger charge is -2.24. The maximum atomic E-state index is 12.9. The molecule has 1 aliphatic carbocycles. The molecule has 3 rings (SSSR count). The van der Waals surface area contributed by atoms with Gasteiger partial charge in [0, 0.05) is 30.0 Å². The molecule has 0 fully saturated rings. The number of hydrogen-bond acceptors (Lipinski definition) is 3. The molecular formula is C17H14ClNO3. The van der Waals surface area contributed by atoms with E-state index in [9.17, 15) is 9.59 Å². The largest absolute Gasteiger partial charge is 0.494 e. The van der Waals surface area contributed by atoms with E-state index in [1.807, 2.05) is 18.2 Å². The fraction of sp³-hybridized carbons (Fsp3) is 0.176. The van der Waals surface area contributed by atoms with Gasteiger partial charge in [-0.15, -0.1) is 0 Å². The number of ketones is 1. The summed E-state index contributed by atoms with van der Waals surface area (Å²) in [4.78, 5) is 24.4. The number of amides is 1. The standard InChI is InChI=1S/C17H14ClNO3/c1-9(20)19-16-14(22-2)8-13(18)12-7-10-5-3-4-6-11(10)17(21)15(12)16/h3-6,8H,7H2,1-2H3,(H,19,20). The first-order valence-electron chi connectivity index (χ1n) is 6.82. The van der Waals surface area contributed by atoms with E-state index in [-0.39, 0.29) is 11.7 Å². The number of hydrogen-bond donors (Lipinski definition) is 1. The molecular weight excluding hydrogens is 302 g/mol. The smallest absolute Gasteiger partial charge is 0.221 e. The molecule has 1 aliphatic rings. The zero-order valence-corrected chi connectivity index (χ0v) is 13.0. The fourth-order valence-corrected chi connectivity index (χ4v) is 3.03. The summed E-state index contributed by atoms with van der Waals surface area (Å²) < 4.78 is 5.28. The monoisotopic (exact) mass is 315 g/mol. The molecule has 1 N–H and O–H groups in total. The van der Waals surface area contributed by atoms with E-state index in [1.54, 1.807) is 12.1 Å². The van der Waals surface area contributed by atoms with Crippen molar-refractivity contribution in [2.24, 2.45) is 0 Å². The molecule has 22 heavy (non-hydrogen) atoms. The highest BCUT2D eigenvalue weighted by molar-refractivity contribution is 6.33. The van der Waals surface area contributed by atoms with Gasteiger partial charge in [0.1, 0.15) is 5.75 Å². The van der Waals surface area contributed by atoms with Gasteiger partial charge in [-0.25, -0.2) is 0 Å². The van der Waals surface area contributed by atoms with Crippen molar-refractivity contribution in [3.8, 4) is 5.75 Å². The number of rotatable bonds is 2. The summed E-state index contributed by atoms with van der Waals surface area (Å²) in [6.07, 6.45) is 0.548. The third kappa shape index (κ3) is 2.25. The van der Waals surface area contributed by atoms with E-state index in [4.69, 9.17) is 16.3 Å². The van der Waals surface area contributed by atoms with Gasteiger partial charge in [0.15, 0.2) is 5.78 Å². The van der Waals surface area contributed by atoms with E-state index in [0.717, 1.165) is 11.1 Å². The first kappa shape index (κ1) is 14.6. The number of methoxy groups -OCH3 is 1. The van der Waals surface area contributed by atoms with Crippen LogP contribution in [0, 0.1) is 0 Å². The Balaban J connectivity index is 2.28. The van der Waals surface area contributed by atoms with Crippen LogP contribution in [0.5, 0.6) is 5.75 Å². The fourth-order valence-electron chi connectivity index (χ4n) is 2.77. The Labute approximate surface area is 133 Å². The Hall–Kier alpha value is -2.33. The molecule has 2 aromatic rings. The van der Waals surface area contributed by atoms with Gasteiger partial charge in [-0.3, -0.25) is 9.59 Å². The minimum Gasteiger partial charge on any atom is -0.494 e. The molecule has 0 aliphatic heterocycles. The van der Waals surface area contributed by atoms with Crippen molar-refractivity contribution in [3.63, 3.8) is 0 Å². The average Bonchev–Trinajstić information content (AvgIpc) is 2.49. The molecule has 0 aromatic heterocycles. The molecule has 0 heterocycles. The van der Waals surface area contributed by atoms with Gasteiger partial charge in [-0.05, 0) is 11.1 Å². The maximum Gasteiger partial charge on any atom is 0.221 e. The number of ether oxygens (including phenoxy) is 1. The lowest BCUT2D eigenvalue weighted by molar-refractivity contribution is -0.114. The Morgan fingerprint density at radius 3 is 2.73 bits per heavy atom. The van der Waals surface area contributed by atoms with Crippen molar-refractivity contribution < 1.29 is 14.3 Å². The minimum absolute atomic E-state index is 0.151. The summed E-state index contributed by atoms with van der Waals surface area (Å²) in [5.41, 5.74) is 3.08. The summed E-state index contributed by atoms with van der Waals surface area (Å²) in [7, 11) is 1.48. The van der Waals surface area contributed by atoms with Gasteiger partial charge in [0.2, 0.25) is 5.91 Å². The third-order valence-electron chi connectivity index (χ3n) is 3.72. The van der Waals surface area contributed by atoms with E-state index < -0.39 is 0 Å². The molecule has 0 saturated heterocycles. The van der Waals surface area contributed by atoms with Crippen molar-refractivity contribution in [1.29, 1.82) is 0 Å². The molecule has 0 saturated carbocycles. The van der Waals surface area contributed by atoms with Gasteiger partial charge in [0.25, 0.3) is 0 Å². The van der Waals surface area contributed by atoms with Crippen molar-refractivity contribution in [1.82, 2.24) is 0 Å². The molecule has 112 valence electrons. The number of anilines is 1. The van der Waals surface area contributed by atoms with Gasteiger partial charge >= 0.3 is 0 Å². The van der Waals surface area contributed by atoms with Gasteiger partial charge in [-0.1, -0.05) is 35.9 Å². The highest BCUT2D eigenvalue weighted by Gasteiger charge is 2.30. The maximum absolute atomic E-state index is 12.9. The predicted molar refractivity (Wildman–Crippen MR) is 85.0 cm³/mol. The van der Waals surface area contributed by atoms with Crippen LogP contribution < -0.4 is 10.1 Å². The molecule has 2 aromatic carbocycles. The third-order valence-corrected chi connectivity index (χ3v) is 4.06. The minimum atomic E-state index is -0.269.